The molecule has 3 N–H and O–H groups in total. The summed E-state index contributed by atoms with van der Waals surface area (Å²) in [6, 6.07) is 7.05. The fourth-order valence-corrected chi connectivity index (χ4v) is 3.93. The van der Waals surface area contributed by atoms with Crippen molar-refractivity contribution in [2.45, 2.75) is 71.1 Å². The molecule has 2 aromatic rings. The maximum absolute atomic E-state index is 12.1. The van der Waals surface area contributed by atoms with Crippen LogP contribution in [0.4, 0.5) is 10.5 Å². The van der Waals surface area contributed by atoms with Crippen molar-refractivity contribution in [3.05, 3.63) is 40.8 Å². The van der Waals surface area contributed by atoms with Gasteiger partial charge in [0.25, 0.3) is 5.56 Å². The first-order valence-electron chi connectivity index (χ1n) is 11.4. The number of anilines is 1. The number of hydrogen-bond donors (Lipinski definition) is 2. The fraction of sp³-hybridized carbons (Fsp3) is 0.520. The summed E-state index contributed by atoms with van der Waals surface area (Å²) >= 11 is 0. The number of benzene rings is 1. The molecule has 0 unspecified atom stereocenters. The largest absolute Gasteiger partial charge is 0.493 e. The third-order valence-electron chi connectivity index (χ3n) is 5.47. The predicted octanol–water partition coefficient (Wildman–Crippen LogP) is 4.25. The number of nitrogens with one attached hydrogen (secondary N) is 1. The summed E-state index contributed by atoms with van der Waals surface area (Å²) in [5, 5.41) is 2.96. The Labute approximate surface area is 195 Å². The van der Waals surface area contributed by atoms with E-state index in [1.807, 2.05) is 39.8 Å². The number of amides is 1. The van der Waals surface area contributed by atoms with Crippen molar-refractivity contribution in [1.82, 2.24) is 9.88 Å². The molecule has 1 aliphatic rings. The highest BCUT2D eigenvalue weighted by Crippen LogP contribution is 2.38. The molecule has 0 spiro atoms. The van der Waals surface area contributed by atoms with Crippen molar-refractivity contribution in [1.29, 1.82) is 0 Å². The van der Waals surface area contributed by atoms with Gasteiger partial charge in [0.2, 0.25) is 0 Å². The van der Waals surface area contributed by atoms with Gasteiger partial charge >= 0.3 is 6.09 Å². The van der Waals surface area contributed by atoms with Gasteiger partial charge in [0, 0.05) is 42.2 Å². The van der Waals surface area contributed by atoms with E-state index in [4.69, 9.17) is 19.9 Å². The second-order valence-corrected chi connectivity index (χ2v) is 9.43. The van der Waals surface area contributed by atoms with Crippen molar-refractivity contribution >= 4 is 11.8 Å². The molecule has 0 saturated heterocycles. The third kappa shape index (κ3) is 6.66. The van der Waals surface area contributed by atoms with Crippen LogP contribution in [0.5, 0.6) is 11.5 Å². The molecule has 3 rings (SSSR count). The second-order valence-electron chi connectivity index (χ2n) is 9.43. The number of nitrogen functional groups attached to an aromatic ring is 1. The average molecular weight is 458 g/mol. The SMILES string of the molecule is CCOc1cc(=O)n(C)cc1-c1cc(N)ccc1OC1CCC(NC(=O)OC(C)(C)C)CC1. The smallest absolute Gasteiger partial charge is 0.407 e. The number of pyridine rings is 1. The summed E-state index contributed by atoms with van der Waals surface area (Å²) in [4.78, 5) is 24.2. The van der Waals surface area contributed by atoms with Crippen LogP contribution in [0.25, 0.3) is 11.1 Å². The van der Waals surface area contributed by atoms with Gasteiger partial charge in [-0.1, -0.05) is 0 Å². The number of alkyl carbamates (subject to hydrolysis) is 1. The first kappa shape index (κ1) is 24.5. The van der Waals surface area contributed by atoms with E-state index in [2.05, 4.69) is 5.32 Å². The number of rotatable bonds is 6. The zero-order valence-corrected chi connectivity index (χ0v) is 20.1. The molecule has 1 aromatic heterocycles. The standard InChI is InChI=1S/C25H35N3O5/c1-6-31-22-14-23(29)28(5)15-20(22)19-13-16(26)7-12-21(19)32-18-10-8-17(9-11-18)27-24(30)33-25(2,3)4/h7,12-15,17-18H,6,8-11,26H2,1-5H3,(H,27,30). The van der Waals surface area contributed by atoms with Crippen molar-refractivity contribution in [3.63, 3.8) is 0 Å². The van der Waals surface area contributed by atoms with Gasteiger partial charge in [0.1, 0.15) is 17.1 Å². The topological polar surface area (TPSA) is 105 Å². The van der Waals surface area contributed by atoms with Crippen LogP contribution in [-0.4, -0.2) is 35.0 Å². The highest BCUT2D eigenvalue weighted by atomic mass is 16.6. The molecule has 1 fully saturated rings. The van der Waals surface area contributed by atoms with Gasteiger partial charge in [-0.3, -0.25) is 4.79 Å². The van der Waals surface area contributed by atoms with Crippen LogP contribution in [0.3, 0.4) is 0 Å². The summed E-state index contributed by atoms with van der Waals surface area (Å²) < 4.78 is 19.0. The third-order valence-corrected chi connectivity index (χ3v) is 5.47. The molecule has 0 radical (unpaired) electrons. The lowest BCUT2D eigenvalue weighted by Crippen LogP contribution is -2.42. The minimum absolute atomic E-state index is 0.00661. The number of nitrogens with two attached hydrogens (primary N) is 1. The van der Waals surface area contributed by atoms with E-state index in [0.717, 1.165) is 36.8 Å². The number of carbonyl (C=O) groups excluding carboxylic acids is 1. The molecular weight excluding hydrogens is 422 g/mol. The van der Waals surface area contributed by atoms with E-state index in [1.165, 1.54) is 10.6 Å². The minimum atomic E-state index is -0.517. The van der Waals surface area contributed by atoms with Crippen LogP contribution in [0.15, 0.2) is 35.3 Å². The van der Waals surface area contributed by atoms with E-state index < -0.39 is 5.60 Å². The number of carbonyl (C=O) groups is 1. The van der Waals surface area contributed by atoms with Crippen LogP contribution < -0.4 is 26.1 Å². The van der Waals surface area contributed by atoms with Crippen molar-refractivity contribution < 1.29 is 19.0 Å². The van der Waals surface area contributed by atoms with Gasteiger partial charge < -0.3 is 29.8 Å². The van der Waals surface area contributed by atoms with Crippen LogP contribution in [0.2, 0.25) is 0 Å². The lowest BCUT2D eigenvalue weighted by molar-refractivity contribution is 0.0471. The Bertz CT molecular complexity index is 1030. The van der Waals surface area contributed by atoms with Gasteiger partial charge in [-0.2, -0.15) is 0 Å². The van der Waals surface area contributed by atoms with E-state index in [0.29, 0.717) is 23.8 Å². The average Bonchev–Trinajstić information content (AvgIpc) is 2.72. The van der Waals surface area contributed by atoms with E-state index in [1.54, 1.807) is 19.3 Å². The van der Waals surface area contributed by atoms with Crippen LogP contribution in [-0.2, 0) is 11.8 Å². The molecule has 0 aliphatic heterocycles. The van der Waals surface area contributed by atoms with E-state index in [-0.39, 0.29) is 23.8 Å². The first-order chi connectivity index (χ1) is 15.6. The molecule has 1 aromatic carbocycles. The summed E-state index contributed by atoms with van der Waals surface area (Å²) in [5.41, 5.74) is 7.54. The van der Waals surface area contributed by atoms with Gasteiger partial charge in [-0.05, 0) is 71.6 Å². The Morgan fingerprint density at radius 3 is 2.45 bits per heavy atom. The number of hydrogen-bond acceptors (Lipinski definition) is 6. The zero-order chi connectivity index (χ0) is 24.2. The number of aromatic nitrogens is 1. The Kier molecular flexibility index (Phi) is 7.56. The van der Waals surface area contributed by atoms with Gasteiger partial charge in [-0.15, -0.1) is 0 Å². The first-order valence-corrected chi connectivity index (χ1v) is 11.4. The second kappa shape index (κ2) is 10.2. The molecular formula is C25H35N3O5. The Hall–Kier alpha value is -3.16. The summed E-state index contributed by atoms with van der Waals surface area (Å²) in [6.45, 7) is 7.87. The Balaban J connectivity index is 1.74. The van der Waals surface area contributed by atoms with Crippen LogP contribution >= 0.6 is 0 Å². The van der Waals surface area contributed by atoms with Crippen molar-refractivity contribution in [3.8, 4) is 22.6 Å². The number of nitrogens with zero attached hydrogens (tertiary/aromatic N) is 1. The summed E-state index contributed by atoms with van der Waals surface area (Å²) in [7, 11) is 1.70. The fourth-order valence-electron chi connectivity index (χ4n) is 3.93. The molecule has 0 bridgehead atoms. The van der Waals surface area contributed by atoms with Crippen LogP contribution in [0.1, 0.15) is 53.4 Å². The molecule has 1 heterocycles. The number of aryl methyl sites for hydroxylation is 1. The molecule has 1 amide bonds. The molecule has 8 heteroatoms. The molecule has 180 valence electrons. The zero-order valence-electron chi connectivity index (χ0n) is 20.1. The van der Waals surface area contributed by atoms with E-state index in [9.17, 15) is 9.59 Å². The lowest BCUT2D eigenvalue weighted by Gasteiger charge is -2.31. The van der Waals surface area contributed by atoms with Crippen molar-refractivity contribution in [2.75, 3.05) is 12.3 Å². The Morgan fingerprint density at radius 2 is 1.82 bits per heavy atom. The summed E-state index contributed by atoms with van der Waals surface area (Å²) in [6.07, 6.45) is 4.58. The van der Waals surface area contributed by atoms with Gasteiger partial charge in [-0.25, -0.2) is 4.79 Å². The molecule has 0 atom stereocenters. The number of ether oxygens (including phenoxy) is 3. The monoisotopic (exact) mass is 457 g/mol. The maximum atomic E-state index is 12.1. The molecule has 8 nitrogen and oxygen atoms in total. The quantitative estimate of drug-likeness (QED) is 0.629. The Morgan fingerprint density at radius 1 is 1.12 bits per heavy atom. The normalized spacial score (nSPS) is 18.5. The molecule has 33 heavy (non-hydrogen) atoms. The molecule has 1 saturated carbocycles. The van der Waals surface area contributed by atoms with Gasteiger partial charge in [0.15, 0.2) is 0 Å². The summed E-state index contributed by atoms with van der Waals surface area (Å²) in [5.74, 6) is 1.19. The van der Waals surface area contributed by atoms with E-state index >= 15 is 0 Å². The molecule has 1 aliphatic carbocycles. The highest BCUT2D eigenvalue weighted by molar-refractivity contribution is 5.78. The van der Waals surface area contributed by atoms with Gasteiger partial charge in [0.05, 0.1) is 12.7 Å². The maximum Gasteiger partial charge on any atom is 0.407 e. The lowest BCUT2D eigenvalue weighted by atomic mass is 9.93. The van der Waals surface area contributed by atoms with Crippen molar-refractivity contribution in [2.24, 2.45) is 7.05 Å². The van der Waals surface area contributed by atoms with Crippen LogP contribution in [0, 0.1) is 0 Å². The predicted molar refractivity (Wildman–Crippen MR) is 129 cm³/mol. The minimum Gasteiger partial charge on any atom is -0.493 e. The highest BCUT2D eigenvalue weighted by Gasteiger charge is 2.26.